The number of likely N-dealkylation sites (tertiary alicyclic amines) is 1. The van der Waals surface area contributed by atoms with Crippen molar-refractivity contribution in [3.05, 3.63) is 70.7 Å². The van der Waals surface area contributed by atoms with Gasteiger partial charge in [0.05, 0.1) is 39.6 Å². The van der Waals surface area contributed by atoms with Gasteiger partial charge in [0.25, 0.3) is 15.9 Å². The third-order valence-corrected chi connectivity index (χ3v) is 10.8. The van der Waals surface area contributed by atoms with Crippen molar-refractivity contribution >= 4 is 39.1 Å². The van der Waals surface area contributed by atoms with Crippen molar-refractivity contribution in [1.29, 1.82) is 0 Å². The molecule has 0 aliphatic carbocycles. The Kier molecular flexibility index (Phi) is 9.01. The number of fused-ring (bicyclic) bond motifs is 1. The molecule has 2 aliphatic rings. The number of carbonyl (C=O) groups excluding carboxylic acids is 2. The molecule has 258 valence electrons. The largest absolute Gasteiger partial charge is 0.573 e. The first kappa shape index (κ1) is 35.1. The number of carbonyl (C=O) groups is 2. The van der Waals surface area contributed by atoms with Gasteiger partial charge in [0, 0.05) is 24.6 Å². The van der Waals surface area contributed by atoms with Crippen LogP contribution in [0.5, 0.6) is 23.0 Å². The second kappa shape index (κ2) is 12.3. The van der Waals surface area contributed by atoms with Crippen LogP contribution in [-0.2, 0) is 25.2 Å². The summed E-state index contributed by atoms with van der Waals surface area (Å²) < 4.78 is 90.4. The Labute approximate surface area is 279 Å². The molecule has 3 aromatic rings. The van der Waals surface area contributed by atoms with Crippen LogP contribution in [0.25, 0.3) is 0 Å². The number of sulfonamides is 1. The van der Waals surface area contributed by atoms with Crippen molar-refractivity contribution < 1.29 is 59.7 Å². The maximum absolute atomic E-state index is 15.5. The third-order valence-electron chi connectivity index (χ3n) is 8.83. The predicted molar refractivity (Wildman–Crippen MR) is 166 cm³/mol. The molecule has 2 aliphatic heterocycles. The molecule has 2 heterocycles. The summed E-state index contributed by atoms with van der Waals surface area (Å²) in [7, 11) is 1.40. The number of amides is 2. The number of hydrogen-bond donors (Lipinski definition) is 2. The van der Waals surface area contributed by atoms with Crippen molar-refractivity contribution in [2.45, 2.75) is 35.4 Å². The molecule has 2 amide bonds. The van der Waals surface area contributed by atoms with Crippen LogP contribution in [0.4, 0.5) is 18.9 Å². The van der Waals surface area contributed by atoms with E-state index in [4.69, 9.17) is 25.8 Å². The Morgan fingerprint density at radius 1 is 1.04 bits per heavy atom. The second-order valence-electron chi connectivity index (χ2n) is 11.3. The minimum Gasteiger partial charge on any atom is -0.497 e. The fraction of sp³-hybridized carbons (Fsp3) is 0.355. The number of benzene rings is 3. The molecule has 0 bridgehead atoms. The SMILES string of the molecule is CNC(=O)[C@@H]1C[C@@H](O)C[N+]1(C)C1(c2c(OC)cccc2OC)C(=O)N(S(=O)(=O)c2ccc(OC)cc2OC(F)(F)F)c2ccc(Cl)cc21. The average molecular weight is 715 g/mol. The number of ether oxygens (including phenoxy) is 4. The van der Waals surface area contributed by atoms with Crippen molar-refractivity contribution in [2.24, 2.45) is 0 Å². The highest BCUT2D eigenvalue weighted by atomic mass is 35.5. The van der Waals surface area contributed by atoms with E-state index in [1.54, 1.807) is 6.07 Å². The molecule has 1 fully saturated rings. The molecule has 0 radical (unpaired) electrons. The first-order valence-corrected chi connectivity index (χ1v) is 16.1. The van der Waals surface area contributed by atoms with Crippen LogP contribution in [0.3, 0.4) is 0 Å². The highest BCUT2D eigenvalue weighted by Gasteiger charge is 2.73. The molecule has 0 saturated carbocycles. The average Bonchev–Trinajstić information content (AvgIpc) is 3.49. The topological polar surface area (TPSA) is 141 Å². The van der Waals surface area contributed by atoms with E-state index in [2.05, 4.69) is 10.1 Å². The normalized spacial score (nSPS) is 23.9. The van der Waals surface area contributed by atoms with Gasteiger partial charge in [-0.1, -0.05) is 17.7 Å². The molecule has 2 unspecified atom stereocenters. The maximum atomic E-state index is 15.5. The van der Waals surface area contributed by atoms with Crippen molar-refractivity contribution in [3.8, 4) is 23.0 Å². The van der Waals surface area contributed by atoms with Crippen molar-refractivity contribution in [3.63, 3.8) is 0 Å². The van der Waals surface area contributed by atoms with Gasteiger partial charge in [-0.15, -0.1) is 13.2 Å². The number of hydrogen-bond acceptors (Lipinski definition) is 9. The molecular formula is C31H32ClF3N3O9S+. The minimum atomic E-state index is -5.32. The fourth-order valence-corrected chi connectivity index (χ4v) is 8.68. The summed E-state index contributed by atoms with van der Waals surface area (Å²) in [6.07, 6.45) is -6.60. The van der Waals surface area contributed by atoms with Crippen LogP contribution in [-0.4, -0.2) is 90.3 Å². The van der Waals surface area contributed by atoms with Crippen LogP contribution in [0.1, 0.15) is 17.5 Å². The van der Waals surface area contributed by atoms with E-state index in [0.717, 1.165) is 25.3 Å². The first-order chi connectivity index (χ1) is 22.5. The summed E-state index contributed by atoms with van der Waals surface area (Å²) in [4.78, 5) is 28.0. The lowest BCUT2D eigenvalue weighted by Crippen LogP contribution is -2.69. The van der Waals surface area contributed by atoms with Crippen LogP contribution in [0.15, 0.2) is 59.5 Å². The summed E-state index contributed by atoms with van der Waals surface area (Å²) in [5.41, 5.74) is -2.59. The summed E-state index contributed by atoms with van der Waals surface area (Å²) in [5.74, 6) is -2.99. The Bertz CT molecular complexity index is 1870. The Morgan fingerprint density at radius 2 is 1.69 bits per heavy atom. The van der Waals surface area contributed by atoms with E-state index in [0.29, 0.717) is 4.31 Å². The maximum Gasteiger partial charge on any atom is 0.573 e. The Hall–Kier alpha value is -4.25. The lowest BCUT2D eigenvalue weighted by Gasteiger charge is -2.48. The van der Waals surface area contributed by atoms with E-state index in [1.165, 1.54) is 58.6 Å². The number of aliphatic hydroxyl groups is 1. The molecule has 0 aromatic heterocycles. The van der Waals surface area contributed by atoms with E-state index in [9.17, 15) is 31.5 Å². The number of halogens is 4. The summed E-state index contributed by atoms with van der Waals surface area (Å²) in [5, 5.41) is 13.7. The Balaban J connectivity index is 1.94. The number of anilines is 1. The smallest absolute Gasteiger partial charge is 0.497 e. The van der Waals surface area contributed by atoms with Gasteiger partial charge in [-0.25, -0.2) is 8.42 Å². The number of nitrogens with zero attached hydrogens (tertiary/aromatic N) is 2. The van der Waals surface area contributed by atoms with Gasteiger partial charge in [0.2, 0.25) is 5.54 Å². The zero-order valence-electron chi connectivity index (χ0n) is 26.3. The molecule has 3 aromatic carbocycles. The molecular weight excluding hydrogens is 683 g/mol. The second-order valence-corrected chi connectivity index (χ2v) is 13.5. The van der Waals surface area contributed by atoms with Crippen LogP contribution in [0.2, 0.25) is 5.02 Å². The van der Waals surface area contributed by atoms with Crippen molar-refractivity contribution in [1.82, 2.24) is 5.32 Å². The van der Waals surface area contributed by atoms with Gasteiger partial charge in [-0.2, -0.15) is 4.31 Å². The summed E-state index contributed by atoms with van der Waals surface area (Å²) in [6, 6.07) is 9.94. The van der Waals surface area contributed by atoms with E-state index < -0.39 is 61.0 Å². The van der Waals surface area contributed by atoms with Crippen LogP contribution >= 0.6 is 11.6 Å². The summed E-state index contributed by atoms with van der Waals surface area (Å²) in [6.45, 7) is -0.254. The standard InChI is InChI=1S/C31H31ClF3N3O9S/c1-36-28(40)22-14-18(39)16-38(22,2)30(27-23(45-4)7-6-8-24(27)46-5)20-13-17(32)9-11-21(20)37(29(30)41)48(42,43)26-12-10-19(44-3)15-25(26)47-31(33,34)35/h6-13,15,18,22,39H,14,16H2,1-5H3/p+1/t18-,22+,30?,38?/m1/s1. The molecule has 12 nitrogen and oxygen atoms in total. The van der Waals surface area contributed by atoms with Crippen LogP contribution < -0.4 is 28.6 Å². The number of nitrogens with one attached hydrogen (secondary N) is 1. The molecule has 0 spiro atoms. The minimum absolute atomic E-state index is 0.00628. The van der Waals surface area contributed by atoms with Gasteiger partial charge in [-0.3, -0.25) is 14.1 Å². The van der Waals surface area contributed by atoms with Gasteiger partial charge in [0.1, 0.15) is 40.4 Å². The number of likely N-dealkylation sites (N-methyl/N-ethyl adjacent to an activating group) is 2. The number of quaternary nitrogens is 1. The fourth-order valence-electron chi connectivity index (χ4n) is 6.95. The van der Waals surface area contributed by atoms with Gasteiger partial charge < -0.3 is 29.4 Å². The highest BCUT2D eigenvalue weighted by molar-refractivity contribution is 7.93. The number of methoxy groups -OCH3 is 3. The third kappa shape index (κ3) is 5.27. The predicted octanol–water partition coefficient (Wildman–Crippen LogP) is 3.57. The zero-order valence-corrected chi connectivity index (χ0v) is 27.9. The van der Waals surface area contributed by atoms with E-state index >= 15 is 4.79 Å². The molecule has 48 heavy (non-hydrogen) atoms. The van der Waals surface area contributed by atoms with Crippen LogP contribution in [0, 0.1) is 0 Å². The van der Waals surface area contributed by atoms with Gasteiger partial charge in [0.15, 0.2) is 11.8 Å². The Morgan fingerprint density at radius 3 is 2.25 bits per heavy atom. The zero-order chi connectivity index (χ0) is 35.4. The summed E-state index contributed by atoms with van der Waals surface area (Å²) >= 11 is 6.51. The molecule has 4 atom stereocenters. The number of rotatable bonds is 9. The van der Waals surface area contributed by atoms with Crippen molar-refractivity contribution in [2.75, 3.05) is 46.3 Å². The highest BCUT2D eigenvalue weighted by Crippen LogP contribution is 2.60. The monoisotopic (exact) mass is 714 g/mol. The van der Waals surface area contributed by atoms with E-state index in [1.807, 2.05) is 0 Å². The first-order valence-electron chi connectivity index (χ1n) is 14.3. The quantitative estimate of drug-likeness (QED) is 0.319. The lowest BCUT2D eigenvalue weighted by atomic mass is 9.78. The lowest BCUT2D eigenvalue weighted by molar-refractivity contribution is -0.953. The number of alkyl halides is 3. The molecule has 5 rings (SSSR count). The van der Waals surface area contributed by atoms with Gasteiger partial charge in [-0.05, 0) is 42.5 Å². The molecule has 1 saturated heterocycles. The molecule has 2 N–H and O–H groups in total. The number of aliphatic hydroxyl groups excluding tert-OH is 1. The molecule has 17 heteroatoms. The van der Waals surface area contributed by atoms with Gasteiger partial charge >= 0.3 is 12.3 Å². The van der Waals surface area contributed by atoms with E-state index in [-0.39, 0.29) is 52.1 Å².